The van der Waals surface area contributed by atoms with Crippen LogP contribution in [0.3, 0.4) is 0 Å². The molecule has 0 aliphatic carbocycles. The lowest BCUT2D eigenvalue weighted by Crippen LogP contribution is -2.56. The van der Waals surface area contributed by atoms with E-state index in [0.29, 0.717) is 5.54 Å². The van der Waals surface area contributed by atoms with E-state index in [1.54, 1.807) is 0 Å². The number of ether oxygens (including phenoxy) is 1. The van der Waals surface area contributed by atoms with Gasteiger partial charge in [-0.2, -0.15) is 0 Å². The molecule has 0 amide bonds. The fourth-order valence-corrected chi connectivity index (χ4v) is 3.30. The molecule has 3 heteroatoms. The van der Waals surface area contributed by atoms with Crippen molar-refractivity contribution in [3.63, 3.8) is 0 Å². The van der Waals surface area contributed by atoms with Gasteiger partial charge in [0.15, 0.2) is 0 Å². The van der Waals surface area contributed by atoms with Gasteiger partial charge in [-0.15, -0.1) is 0 Å². The van der Waals surface area contributed by atoms with Gasteiger partial charge < -0.3 is 10.5 Å². The molecule has 1 heterocycles. The molecular formula is C17H36N2O. The minimum absolute atomic E-state index is 0.0927. The molecule has 1 rings (SSSR count). The van der Waals surface area contributed by atoms with Crippen LogP contribution in [0.15, 0.2) is 0 Å². The minimum Gasteiger partial charge on any atom is -0.361 e. The van der Waals surface area contributed by atoms with Crippen LogP contribution in [-0.4, -0.2) is 36.4 Å². The molecule has 2 unspecified atom stereocenters. The van der Waals surface area contributed by atoms with E-state index in [0.717, 1.165) is 19.7 Å². The molecule has 0 aromatic heterocycles. The quantitative estimate of drug-likeness (QED) is 0.618. The van der Waals surface area contributed by atoms with E-state index in [2.05, 4.69) is 25.7 Å². The molecule has 20 heavy (non-hydrogen) atoms. The zero-order valence-corrected chi connectivity index (χ0v) is 14.0. The molecule has 2 N–H and O–H groups in total. The third-order valence-electron chi connectivity index (χ3n) is 4.74. The van der Waals surface area contributed by atoms with E-state index < -0.39 is 0 Å². The Hall–Kier alpha value is -0.120. The lowest BCUT2D eigenvalue weighted by Gasteiger charge is -2.45. The zero-order chi connectivity index (χ0) is 14.8. The summed E-state index contributed by atoms with van der Waals surface area (Å²) < 4.78 is 5.51. The van der Waals surface area contributed by atoms with E-state index in [-0.39, 0.29) is 6.23 Å². The topological polar surface area (TPSA) is 38.5 Å². The van der Waals surface area contributed by atoms with Crippen LogP contribution >= 0.6 is 0 Å². The van der Waals surface area contributed by atoms with Crippen molar-refractivity contribution in [2.75, 3.05) is 19.7 Å². The minimum atomic E-state index is -0.0927. The van der Waals surface area contributed by atoms with Gasteiger partial charge in [0, 0.05) is 18.6 Å². The molecule has 0 radical (unpaired) electrons. The van der Waals surface area contributed by atoms with Gasteiger partial charge in [0.05, 0.1) is 6.61 Å². The van der Waals surface area contributed by atoms with Crippen molar-refractivity contribution < 1.29 is 4.74 Å². The van der Waals surface area contributed by atoms with E-state index >= 15 is 0 Å². The largest absolute Gasteiger partial charge is 0.361 e. The Kier molecular flexibility index (Phi) is 8.74. The first-order valence-electron chi connectivity index (χ1n) is 8.74. The summed E-state index contributed by atoms with van der Waals surface area (Å²) in [7, 11) is 0. The molecular weight excluding hydrogens is 248 g/mol. The van der Waals surface area contributed by atoms with Crippen LogP contribution in [0.1, 0.15) is 78.6 Å². The highest BCUT2D eigenvalue weighted by Crippen LogP contribution is 2.30. The number of hydrogen-bond donors (Lipinski definition) is 1. The first kappa shape index (κ1) is 17.9. The monoisotopic (exact) mass is 284 g/mol. The van der Waals surface area contributed by atoms with Crippen molar-refractivity contribution in [3.05, 3.63) is 0 Å². The summed E-state index contributed by atoms with van der Waals surface area (Å²) in [6, 6.07) is 0. The van der Waals surface area contributed by atoms with Crippen molar-refractivity contribution >= 4 is 0 Å². The average Bonchev–Trinajstić information content (AvgIpc) is 2.44. The lowest BCUT2D eigenvalue weighted by molar-refractivity contribution is -0.0685. The highest BCUT2D eigenvalue weighted by molar-refractivity contribution is 4.88. The summed E-state index contributed by atoms with van der Waals surface area (Å²) in [5.41, 5.74) is 6.31. The Morgan fingerprint density at radius 3 is 2.25 bits per heavy atom. The van der Waals surface area contributed by atoms with Crippen molar-refractivity contribution in [3.8, 4) is 0 Å². The number of hydrogen-bond acceptors (Lipinski definition) is 3. The number of unbranched alkanes of at least 4 members (excludes halogenated alkanes) is 5. The highest BCUT2D eigenvalue weighted by atomic mass is 16.5. The van der Waals surface area contributed by atoms with Crippen LogP contribution < -0.4 is 5.73 Å². The van der Waals surface area contributed by atoms with Crippen molar-refractivity contribution in [1.82, 2.24) is 4.90 Å². The standard InChI is InChI=1S/C17H36N2O/c1-4-6-8-10-12-17(3,11-9-7-5-2)19-13-14-20-16(18)15-19/h16H,4-15,18H2,1-3H3. The van der Waals surface area contributed by atoms with E-state index in [1.807, 2.05) is 0 Å². The summed E-state index contributed by atoms with van der Waals surface area (Å²) in [4.78, 5) is 2.60. The maximum Gasteiger partial charge on any atom is 0.118 e. The van der Waals surface area contributed by atoms with E-state index in [1.165, 1.54) is 57.8 Å². The third kappa shape index (κ3) is 6.11. The zero-order valence-electron chi connectivity index (χ0n) is 14.0. The maximum atomic E-state index is 5.99. The summed E-state index contributed by atoms with van der Waals surface area (Å²) >= 11 is 0. The molecule has 2 atom stereocenters. The van der Waals surface area contributed by atoms with Gasteiger partial charge in [0.2, 0.25) is 0 Å². The SMILES string of the molecule is CCCCCCC(C)(CCCCC)N1CCOC(N)C1. The Labute approximate surface area is 126 Å². The van der Waals surface area contributed by atoms with Gasteiger partial charge in [-0.1, -0.05) is 58.8 Å². The first-order valence-corrected chi connectivity index (χ1v) is 8.74. The van der Waals surface area contributed by atoms with Gasteiger partial charge in [-0.3, -0.25) is 4.90 Å². The summed E-state index contributed by atoms with van der Waals surface area (Å²) in [6.07, 6.45) is 11.9. The van der Waals surface area contributed by atoms with Gasteiger partial charge in [-0.05, 0) is 19.8 Å². The third-order valence-corrected chi connectivity index (χ3v) is 4.74. The van der Waals surface area contributed by atoms with Gasteiger partial charge in [0.1, 0.15) is 6.23 Å². The molecule has 0 bridgehead atoms. The second-order valence-electron chi connectivity index (χ2n) is 6.62. The van der Waals surface area contributed by atoms with Crippen molar-refractivity contribution in [1.29, 1.82) is 0 Å². The summed E-state index contributed by atoms with van der Waals surface area (Å²) in [6.45, 7) is 9.75. The molecule has 1 aliphatic heterocycles. The second-order valence-corrected chi connectivity index (χ2v) is 6.62. The Morgan fingerprint density at radius 2 is 1.65 bits per heavy atom. The molecule has 1 saturated heterocycles. The van der Waals surface area contributed by atoms with Crippen LogP contribution in [0.25, 0.3) is 0 Å². The van der Waals surface area contributed by atoms with Crippen molar-refractivity contribution in [2.45, 2.75) is 90.3 Å². The fourth-order valence-electron chi connectivity index (χ4n) is 3.30. The van der Waals surface area contributed by atoms with Crippen LogP contribution in [0, 0.1) is 0 Å². The normalized spacial score (nSPS) is 23.7. The van der Waals surface area contributed by atoms with Crippen LogP contribution in [0.4, 0.5) is 0 Å². The number of rotatable bonds is 10. The lowest BCUT2D eigenvalue weighted by atomic mass is 9.86. The number of morpholine rings is 1. The second kappa shape index (κ2) is 9.75. The molecule has 3 nitrogen and oxygen atoms in total. The van der Waals surface area contributed by atoms with Crippen LogP contribution in [-0.2, 0) is 4.74 Å². The van der Waals surface area contributed by atoms with Gasteiger partial charge >= 0.3 is 0 Å². The Bertz CT molecular complexity index is 247. The van der Waals surface area contributed by atoms with E-state index in [9.17, 15) is 0 Å². The van der Waals surface area contributed by atoms with Gasteiger partial charge in [0.25, 0.3) is 0 Å². The fraction of sp³-hybridized carbons (Fsp3) is 1.00. The Balaban J connectivity index is 2.51. The molecule has 120 valence electrons. The average molecular weight is 284 g/mol. The van der Waals surface area contributed by atoms with Gasteiger partial charge in [-0.25, -0.2) is 0 Å². The molecule has 1 fully saturated rings. The first-order chi connectivity index (χ1) is 9.62. The summed E-state index contributed by atoms with van der Waals surface area (Å²) in [5, 5.41) is 0. The molecule has 1 aliphatic rings. The Morgan fingerprint density at radius 1 is 1.05 bits per heavy atom. The highest BCUT2D eigenvalue weighted by Gasteiger charge is 2.33. The molecule has 0 aromatic carbocycles. The molecule has 0 spiro atoms. The van der Waals surface area contributed by atoms with Crippen molar-refractivity contribution in [2.24, 2.45) is 5.73 Å². The molecule has 0 aromatic rings. The predicted molar refractivity (Wildman–Crippen MR) is 86.8 cm³/mol. The maximum absolute atomic E-state index is 5.99. The smallest absolute Gasteiger partial charge is 0.118 e. The number of nitrogens with zero attached hydrogens (tertiary/aromatic N) is 1. The van der Waals surface area contributed by atoms with Crippen LogP contribution in [0.2, 0.25) is 0 Å². The number of nitrogens with two attached hydrogens (primary N) is 1. The summed E-state index contributed by atoms with van der Waals surface area (Å²) in [5.74, 6) is 0. The van der Waals surface area contributed by atoms with Crippen LogP contribution in [0.5, 0.6) is 0 Å². The predicted octanol–water partition coefficient (Wildman–Crippen LogP) is 3.91. The van der Waals surface area contributed by atoms with E-state index in [4.69, 9.17) is 10.5 Å². The molecule has 0 saturated carbocycles.